The third-order valence-corrected chi connectivity index (χ3v) is 8.10. The van der Waals surface area contributed by atoms with Crippen LogP contribution >= 0.6 is 0 Å². The van der Waals surface area contributed by atoms with Gasteiger partial charge in [-0.3, -0.25) is 0 Å². The molecule has 1 saturated heterocycles. The fourth-order valence-electron chi connectivity index (χ4n) is 6.03. The molecule has 44 heavy (non-hydrogen) atoms. The number of alkyl carbamates (subject to hydrolysis) is 1. The first-order valence-corrected chi connectivity index (χ1v) is 15.4. The average Bonchev–Trinajstić information content (AvgIpc) is 3.34. The van der Waals surface area contributed by atoms with E-state index >= 15 is 0 Å². The standard InChI is InChI=1S/C32H46N8O4/c1-8-43-28(41)27-24-26(37-40(27)14-13-33-30(42)44-31(2,3)4)25-21(19-32(24,5)6)20-34-29(36-25)35-22-9-11-23(12-10-22)39-17-15-38(7)16-18-39/h9-12,20,27,37H,8,13-19H2,1-7H3,(H,33,42)(H,34,35,36). The lowest BCUT2D eigenvalue weighted by atomic mass is 9.71. The maximum atomic E-state index is 13.4. The van der Waals surface area contributed by atoms with E-state index in [9.17, 15) is 9.59 Å². The van der Waals surface area contributed by atoms with Crippen molar-refractivity contribution in [2.45, 2.75) is 59.6 Å². The van der Waals surface area contributed by atoms with E-state index in [1.807, 2.05) is 44.1 Å². The van der Waals surface area contributed by atoms with Crippen LogP contribution in [0.3, 0.4) is 0 Å². The van der Waals surface area contributed by atoms with Gasteiger partial charge in [-0.2, -0.15) is 0 Å². The lowest BCUT2D eigenvalue weighted by Gasteiger charge is -2.34. The van der Waals surface area contributed by atoms with Crippen molar-refractivity contribution in [1.82, 2.24) is 30.6 Å². The maximum Gasteiger partial charge on any atom is 0.407 e. The Bertz CT molecular complexity index is 1390. The van der Waals surface area contributed by atoms with Crippen molar-refractivity contribution in [2.75, 3.05) is 63.1 Å². The summed E-state index contributed by atoms with van der Waals surface area (Å²) < 4.78 is 10.9. The van der Waals surface area contributed by atoms with Gasteiger partial charge in [-0.15, -0.1) is 0 Å². The molecule has 1 amide bonds. The number of esters is 1. The number of anilines is 3. The molecule has 238 valence electrons. The number of piperazine rings is 1. The van der Waals surface area contributed by atoms with E-state index in [1.54, 1.807) is 6.92 Å². The fraction of sp³-hybridized carbons (Fsp3) is 0.562. The molecule has 0 radical (unpaired) electrons. The fourth-order valence-corrected chi connectivity index (χ4v) is 6.03. The summed E-state index contributed by atoms with van der Waals surface area (Å²) in [5.41, 5.74) is 8.02. The normalized spacial score (nSPS) is 20.0. The van der Waals surface area contributed by atoms with Gasteiger partial charge in [-0.05, 0) is 82.0 Å². The summed E-state index contributed by atoms with van der Waals surface area (Å²) in [7, 11) is 2.16. The Morgan fingerprint density at radius 2 is 1.82 bits per heavy atom. The first kappa shape index (κ1) is 31.5. The minimum absolute atomic E-state index is 0.267. The summed E-state index contributed by atoms with van der Waals surface area (Å²) in [6, 6.07) is 7.69. The number of ether oxygens (including phenoxy) is 2. The highest BCUT2D eigenvalue weighted by Crippen LogP contribution is 2.46. The summed E-state index contributed by atoms with van der Waals surface area (Å²) in [6.07, 6.45) is 2.03. The van der Waals surface area contributed by atoms with Gasteiger partial charge in [0.25, 0.3) is 0 Å². The first-order chi connectivity index (χ1) is 20.8. The van der Waals surface area contributed by atoms with Crippen molar-refractivity contribution in [3.05, 3.63) is 47.3 Å². The molecular formula is C32H46N8O4. The van der Waals surface area contributed by atoms with E-state index in [-0.39, 0.29) is 24.5 Å². The number of aromatic nitrogens is 2. The largest absolute Gasteiger partial charge is 0.465 e. The Kier molecular flexibility index (Phi) is 9.03. The molecule has 3 heterocycles. The first-order valence-electron chi connectivity index (χ1n) is 15.4. The van der Waals surface area contributed by atoms with E-state index in [0.717, 1.165) is 54.4 Å². The van der Waals surface area contributed by atoms with Crippen LogP contribution in [-0.4, -0.2) is 96.5 Å². The molecule has 1 aromatic heterocycles. The summed E-state index contributed by atoms with van der Waals surface area (Å²) >= 11 is 0. The van der Waals surface area contributed by atoms with Crippen LogP contribution in [0.2, 0.25) is 0 Å². The molecule has 3 N–H and O–H groups in total. The smallest absolute Gasteiger partial charge is 0.407 e. The summed E-state index contributed by atoms with van der Waals surface area (Å²) in [5, 5.41) is 7.97. The summed E-state index contributed by atoms with van der Waals surface area (Å²) in [4.78, 5) is 39.9. The van der Waals surface area contributed by atoms with E-state index in [1.165, 1.54) is 5.69 Å². The third kappa shape index (κ3) is 7.07. The van der Waals surface area contributed by atoms with Crippen LogP contribution in [0.5, 0.6) is 0 Å². The number of fused-ring (bicyclic) bond motifs is 2. The van der Waals surface area contributed by atoms with Crippen molar-refractivity contribution in [2.24, 2.45) is 5.41 Å². The van der Waals surface area contributed by atoms with Crippen LogP contribution < -0.4 is 21.0 Å². The molecule has 3 aliphatic rings. The monoisotopic (exact) mass is 606 g/mol. The Morgan fingerprint density at radius 3 is 2.48 bits per heavy atom. The molecule has 1 aromatic carbocycles. The van der Waals surface area contributed by atoms with Crippen molar-refractivity contribution in [3.8, 4) is 0 Å². The Morgan fingerprint density at radius 1 is 1.11 bits per heavy atom. The number of nitrogens with zero attached hydrogens (tertiary/aromatic N) is 5. The molecule has 1 atom stereocenters. The summed E-state index contributed by atoms with van der Waals surface area (Å²) in [6.45, 7) is 16.5. The molecule has 2 aliphatic heterocycles. The Hall–Kier alpha value is -3.90. The van der Waals surface area contributed by atoms with Crippen molar-refractivity contribution >= 4 is 35.1 Å². The van der Waals surface area contributed by atoms with Gasteiger partial charge >= 0.3 is 12.1 Å². The molecule has 5 rings (SSSR count). The lowest BCUT2D eigenvalue weighted by Crippen LogP contribution is -2.49. The maximum absolute atomic E-state index is 13.4. The Balaban J connectivity index is 1.36. The van der Waals surface area contributed by atoms with Gasteiger partial charge in [0.05, 0.1) is 18.0 Å². The number of rotatable bonds is 8. The number of likely N-dealkylation sites (N-methyl/N-ethyl adjacent to an activating group) is 1. The van der Waals surface area contributed by atoms with Gasteiger partial charge in [0, 0.05) is 56.8 Å². The summed E-state index contributed by atoms with van der Waals surface area (Å²) in [5.74, 6) is 0.133. The second-order valence-electron chi connectivity index (χ2n) is 13.3. The van der Waals surface area contributed by atoms with Crippen LogP contribution in [0.15, 0.2) is 36.0 Å². The molecule has 1 unspecified atom stereocenters. The predicted octanol–water partition coefficient (Wildman–Crippen LogP) is 3.54. The number of carbonyl (C=O) groups excluding carboxylic acids is 2. The lowest BCUT2D eigenvalue weighted by molar-refractivity contribution is -0.148. The predicted molar refractivity (Wildman–Crippen MR) is 170 cm³/mol. The van der Waals surface area contributed by atoms with E-state index in [0.29, 0.717) is 18.9 Å². The van der Waals surface area contributed by atoms with Crippen molar-refractivity contribution in [1.29, 1.82) is 0 Å². The third-order valence-electron chi connectivity index (χ3n) is 8.10. The van der Waals surface area contributed by atoms with Gasteiger partial charge < -0.3 is 35.3 Å². The molecule has 1 fully saturated rings. The average molecular weight is 607 g/mol. The molecule has 0 saturated carbocycles. The molecule has 2 aromatic rings. The van der Waals surface area contributed by atoms with Crippen LogP contribution in [0.25, 0.3) is 5.70 Å². The number of hydrogen-bond acceptors (Lipinski definition) is 11. The highest BCUT2D eigenvalue weighted by atomic mass is 16.6. The number of benzene rings is 1. The van der Waals surface area contributed by atoms with Gasteiger partial charge in [0.15, 0.2) is 6.04 Å². The van der Waals surface area contributed by atoms with Crippen LogP contribution in [-0.2, 0) is 20.7 Å². The van der Waals surface area contributed by atoms with Crippen molar-refractivity contribution in [3.63, 3.8) is 0 Å². The molecule has 12 heteroatoms. The number of carbonyl (C=O) groups is 2. The number of hydrazine groups is 1. The van der Waals surface area contributed by atoms with Crippen LogP contribution in [0.4, 0.5) is 22.1 Å². The van der Waals surface area contributed by atoms with Gasteiger partial charge in [0.2, 0.25) is 5.95 Å². The van der Waals surface area contributed by atoms with E-state index in [4.69, 9.17) is 14.5 Å². The number of hydrogen-bond donors (Lipinski definition) is 3. The zero-order chi connectivity index (χ0) is 31.6. The minimum Gasteiger partial charge on any atom is -0.465 e. The molecule has 0 bridgehead atoms. The highest BCUT2D eigenvalue weighted by molar-refractivity contribution is 5.88. The van der Waals surface area contributed by atoms with Gasteiger partial charge in [-0.1, -0.05) is 13.8 Å². The van der Waals surface area contributed by atoms with Gasteiger partial charge in [-0.25, -0.2) is 24.6 Å². The Labute approximate surface area is 260 Å². The molecule has 1 aliphatic carbocycles. The molecule has 12 nitrogen and oxygen atoms in total. The van der Waals surface area contributed by atoms with E-state index in [2.05, 4.69) is 63.9 Å². The zero-order valence-electron chi connectivity index (χ0n) is 27.0. The second-order valence-corrected chi connectivity index (χ2v) is 13.3. The van der Waals surface area contributed by atoms with E-state index < -0.39 is 17.7 Å². The van der Waals surface area contributed by atoms with Crippen LogP contribution in [0.1, 0.15) is 52.8 Å². The zero-order valence-corrected chi connectivity index (χ0v) is 27.0. The minimum atomic E-state index is -0.665. The SMILES string of the molecule is CCOC(=O)C1C2=C(NN1CCNC(=O)OC(C)(C)C)c1nc(Nc3ccc(N4CCN(C)CC4)cc3)ncc1CC2(C)C. The second kappa shape index (κ2) is 12.6. The topological polar surface area (TPSA) is 124 Å². The highest BCUT2D eigenvalue weighted by Gasteiger charge is 2.49. The quantitative estimate of drug-likeness (QED) is 0.382. The number of amides is 1. The van der Waals surface area contributed by atoms with Crippen LogP contribution in [0, 0.1) is 5.41 Å². The molecular weight excluding hydrogens is 560 g/mol. The van der Waals surface area contributed by atoms with Gasteiger partial charge in [0.1, 0.15) is 5.60 Å². The molecule has 0 spiro atoms. The van der Waals surface area contributed by atoms with Crippen molar-refractivity contribution < 1.29 is 19.1 Å². The number of nitrogens with one attached hydrogen (secondary N) is 3.